The largest absolute Gasteiger partial charge is 0.354 e. The first kappa shape index (κ1) is 22.0. The standard InChI is InChI=1S/C21H29ClN4O2/c1-14(2)12-19(24-20(27)17-6-8-18(22)9-7-17)21(28)23-10-5-11-26-16(4)13-15(3)25-26/h6-9,13-14,19H,5,10-12H2,1-4H3,(H,23,28)(H,24,27)/t19-/m1/s1. The van der Waals surface area contributed by atoms with Crippen molar-refractivity contribution in [3.8, 4) is 0 Å². The van der Waals surface area contributed by atoms with Gasteiger partial charge in [-0.15, -0.1) is 0 Å². The van der Waals surface area contributed by atoms with Crippen LogP contribution in [0.4, 0.5) is 0 Å². The molecule has 152 valence electrons. The lowest BCUT2D eigenvalue weighted by Crippen LogP contribution is -2.47. The Hall–Kier alpha value is -2.34. The van der Waals surface area contributed by atoms with Crippen LogP contribution in [0.3, 0.4) is 0 Å². The Labute approximate surface area is 171 Å². The lowest BCUT2D eigenvalue weighted by Gasteiger charge is -2.20. The molecule has 0 aliphatic rings. The number of carbonyl (C=O) groups is 2. The van der Waals surface area contributed by atoms with E-state index in [1.807, 2.05) is 38.4 Å². The van der Waals surface area contributed by atoms with Gasteiger partial charge in [0.25, 0.3) is 5.91 Å². The van der Waals surface area contributed by atoms with Gasteiger partial charge in [-0.3, -0.25) is 14.3 Å². The van der Waals surface area contributed by atoms with Gasteiger partial charge in [-0.1, -0.05) is 25.4 Å². The van der Waals surface area contributed by atoms with Gasteiger partial charge in [-0.2, -0.15) is 5.10 Å². The summed E-state index contributed by atoms with van der Waals surface area (Å²) < 4.78 is 1.94. The highest BCUT2D eigenvalue weighted by atomic mass is 35.5. The molecule has 0 saturated heterocycles. The van der Waals surface area contributed by atoms with Crippen LogP contribution in [0.1, 0.15) is 48.4 Å². The molecular weight excluding hydrogens is 376 g/mol. The van der Waals surface area contributed by atoms with Gasteiger partial charge < -0.3 is 10.6 Å². The van der Waals surface area contributed by atoms with E-state index < -0.39 is 6.04 Å². The Balaban J connectivity index is 1.88. The van der Waals surface area contributed by atoms with Crippen molar-refractivity contribution in [2.45, 2.75) is 53.1 Å². The van der Waals surface area contributed by atoms with E-state index >= 15 is 0 Å². The topological polar surface area (TPSA) is 76.0 Å². The van der Waals surface area contributed by atoms with Crippen molar-refractivity contribution in [2.75, 3.05) is 6.54 Å². The number of hydrogen-bond donors (Lipinski definition) is 2. The molecule has 0 saturated carbocycles. The van der Waals surface area contributed by atoms with Gasteiger partial charge in [-0.25, -0.2) is 0 Å². The highest BCUT2D eigenvalue weighted by molar-refractivity contribution is 6.30. The second-order valence-corrected chi connectivity index (χ2v) is 7.89. The van der Waals surface area contributed by atoms with Crippen LogP contribution in [-0.4, -0.2) is 34.2 Å². The summed E-state index contributed by atoms with van der Waals surface area (Å²) in [6.07, 6.45) is 1.34. The summed E-state index contributed by atoms with van der Waals surface area (Å²) in [5.74, 6) is -0.166. The van der Waals surface area contributed by atoms with Crippen molar-refractivity contribution < 1.29 is 9.59 Å². The van der Waals surface area contributed by atoms with Gasteiger partial charge in [0.15, 0.2) is 0 Å². The zero-order valence-corrected chi connectivity index (χ0v) is 17.7. The van der Waals surface area contributed by atoms with E-state index in [1.54, 1.807) is 24.3 Å². The Bertz CT molecular complexity index is 799. The molecule has 0 unspecified atom stereocenters. The van der Waals surface area contributed by atoms with Gasteiger partial charge in [0.05, 0.1) is 5.69 Å². The summed E-state index contributed by atoms with van der Waals surface area (Å²) in [5.41, 5.74) is 2.58. The van der Waals surface area contributed by atoms with Crippen molar-refractivity contribution in [3.05, 3.63) is 52.3 Å². The molecule has 2 rings (SSSR count). The van der Waals surface area contributed by atoms with Gasteiger partial charge in [-0.05, 0) is 62.9 Å². The highest BCUT2D eigenvalue weighted by Gasteiger charge is 2.22. The van der Waals surface area contributed by atoms with E-state index in [-0.39, 0.29) is 17.7 Å². The number of amides is 2. The first-order valence-corrected chi connectivity index (χ1v) is 9.99. The second kappa shape index (κ2) is 10.3. The minimum Gasteiger partial charge on any atom is -0.354 e. The van der Waals surface area contributed by atoms with Gasteiger partial charge in [0, 0.05) is 29.4 Å². The molecule has 1 aromatic heterocycles. The molecule has 0 aliphatic heterocycles. The molecule has 1 heterocycles. The molecule has 0 aliphatic carbocycles. The maximum atomic E-state index is 12.6. The van der Waals surface area contributed by atoms with E-state index in [4.69, 9.17) is 11.6 Å². The molecule has 2 N–H and O–H groups in total. The lowest BCUT2D eigenvalue weighted by molar-refractivity contribution is -0.123. The van der Waals surface area contributed by atoms with Crippen LogP contribution in [-0.2, 0) is 11.3 Å². The van der Waals surface area contributed by atoms with Gasteiger partial charge in [0.1, 0.15) is 6.04 Å². The zero-order chi connectivity index (χ0) is 20.7. The number of nitrogens with zero attached hydrogens (tertiary/aromatic N) is 2. The van der Waals surface area contributed by atoms with E-state index in [2.05, 4.69) is 15.7 Å². The van der Waals surface area contributed by atoms with Crippen molar-refractivity contribution >= 4 is 23.4 Å². The van der Waals surface area contributed by atoms with Crippen LogP contribution >= 0.6 is 11.6 Å². The van der Waals surface area contributed by atoms with Crippen molar-refractivity contribution in [1.29, 1.82) is 0 Å². The molecule has 2 amide bonds. The molecule has 1 atom stereocenters. The van der Waals surface area contributed by atoms with Crippen LogP contribution in [0, 0.1) is 19.8 Å². The average molecular weight is 405 g/mol. The number of benzene rings is 1. The number of aryl methyl sites for hydroxylation is 3. The maximum Gasteiger partial charge on any atom is 0.251 e. The fourth-order valence-electron chi connectivity index (χ4n) is 3.01. The highest BCUT2D eigenvalue weighted by Crippen LogP contribution is 2.11. The van der Waals surface area contributed by atoms with Crippen LogP contribution in [0.5, 0.6) is 0 Å². The molecule has 0 fully saturated rings. The maximum absolute atomic E-state index is 12.6. The summed E-state index contributed by atoms with van der Waals surface area (Å²) >= 11 is 5.87. The Morgan fingerprint density at radius 1 is 1.18 bits per heavy atom. The third-order valence-electron chi connectivity index (χ3n) is 4.38. The summed E-state index contributed by atoms with van der Waals surface area (Å²) in [6, 6.07) is 8.08. The average Bonchev–Trinajstić information content (AvgIpc) is 2.95. The normalized spacial score (nSPS) is 12.1. The molecule has 7 heteroatoms. The van der Waals surface area contributed by atoms with Gasteiger partial charge >= 0.3 is 0 Å². The van der Waals surface area contributed by atoms with E-state index in [9.17, 15) is 9.59 Å². The number of nitrogens with one attached hydrogen (secondary N) is 2. The third kappa shape index (κ3) is 6.68. The summed E-state index contributed by atoms with van der Waals surface area (Å²) in [4.78, 5) is 25.1. The third-order valence-corrected chi connectivity index (χ3v) is 4.64. The first-order valence-electron chi connectivity index (χ1n) is 9.61. The predicted octanol–water partition coefficient (Wildman–Crippen LogP) is 3.50. The predicted molar refractivity (Wildman–Crippen MR) is 111 cm³/mol. The minimum atomic E-state index is -0.572. The molecule has 2 aromatic rings. The fraction of sp³-hybridized carbons (Fsp3) is 0.476. The zero-order valence-electron chi connectivity index (χ0n) is 17.0. The summed E-state index contributed by atoms with van der Waals surface area (Å²) in [5, 5.41) is 10.8. The van der Waals surface area contributed by atoms with Gasteiger partial charge in [0.2, 0.25) is 5.91 Å². The summed E-state index contributed by atoms with van der Waals surface area (Å²) in [7, 11) is 0. The number of hydrogen-bond acceptors (Lipinski definition) is 3. The van der Waals surface area contributed by atoms with Crippen LogP contribution in [0.15, 0.2) is 30.3 Å². The fourth-order valence-corrected chi connectivity index (χ4v) is 3.14. The smallest absolute Gasteiger partial charge is 0.251 e. The Kier molecular flexibility index (Phi) is 8.05. The van der Waals surface area contributed by atoms with Crippen molar-refractivity contribution in [3.63, 3.8) is 0 Å². The van der Waals surface area contributed by atoms with E-state index in [0.717, 1.165) is 24.4 Å². The number of halogens is 1. The molecule has 0 spiro atoms. The molecule has 6 nitrogen and oxygen atoms in total. The Morgan fingerprint density at radius 3 is 2.43 bits per heavy atom. The van der Waals surface area contributed by atoms with Crippen LogP contribution in [0.2, 0.25) is 5.02 Å². The lowest BCUT2D eigenvalue weighted by atomic mass is 10.0. The molecule has 0 bridgehead atoms. The summed E-state index contributed by atoms with van der Waals surface area (Å²) in [6.45, 7) is 9.30. The molecule has 28 heavy (non-hydrogen) atoms. The Morgan fingerprint density at radius 2 is 1.86 bits per heavy atom. The number of rotatable bonds is 9. The van der Waals surface area contributed by atoms with Crippen molar-refractivity contribution in [2.24, 2.45) is 5.92 Å². The number of carbonyl (C=O) groups excluding carboxylic acids is 2. The first-order chi connectivity index (χ1) is 13.3. The molecule has 0 radical (unpaired) electrons. The van der Waals surface area contributed by atoms with Crippen LogP contribution < -0.4 is 10.6 Å². The molecule has 1 aromatic carbocycles. The van der Waals surface area contributed by atoms with Crippen molar-refractivity contribution in [1.82, 2.24) is 20.4 Å². The quantitative estimate of drug-likeness (QED) is 0.628. The monoisotopic (exact) mass is 404 g/mol. The minimum absolute atomic E-state index is 0.163. The molecular formula is C21H29ClN4O2. The van der Waals surface area contributed by atoms with Crippen LogP contribution in [0.25, 0.3) is 0 Å². The van der Waals surface area contributed by atoms with E-state index in [1.165, 1.54) is 0 Å². The van der Waals surface area contributed by atoms with E-state index in [0.29, 0.717) is 23.6 Å². The SMILES string of the molecule is Cc1cc(C)n(CCCNC(=O)[C@@H](CC(C)C)NC(=O)c2ccc(Cl)cc2)n1. The number of aromatic nitrogens is 2. The second-order valence-electron chi connectivity index (χ2n) is 7.46.